The highest BCUT2D eigenvalue weighted by Gasteiger charge is 2.18. The normalized spacial score (nSPS) is 16.1. The monoisotopic (exact) mass is 259 g/mol. The lowest BCUT2D eigenvalue weighted by molar-refractivity contribution is 0.252. The van der Waals surface area contributed by atoms with Gasteiger partial charge in [0.05, 0.1) is 0 Å². The van der Waals surface area contributed by atoms with Gasteiger partial charge in [-0.15, -0.1) is 10.2 Å². The van der Waals surface area contributed by atoms with Crippen molar-refractivity contribution in [3.8, 4) is 0 Å². The molecule has 0 atom stereocenters. The first-order valence-electron chi connectivity index (χ1n) is 6.50. The van der Waals surface area contributed by atoms with Crippen molar-refractivity contribution in [3.63, 3.8) is 0 Å². The van der Waals surface area contributed by atoms with Crippen molar-refractivity contribution in [2.24, 2.45) is 0 Å². The molecule has 3 rings (SSSR count). The molecule has 1 aliphatic rings. The lowest BCUT2D eigenvalue weighted by Gasteiger charge is -2.19. The van der Waals surface area contributed by atoms with Gasteiger partial charge in [0.2, 0.25) is 0 Å². The Morgan fingerprint density at radius 3 is 2.74 bits per heavy atom. The number of pyridine rings is 1. The summed E-state index contributed by atoms with van der Waals surface area (Å²) in [4.78, 5) is 6.43. The summed E-state index contributed by atoms with van der Waals surface area (Å²) in [6.07, 6.45) is 4.52. The fourth-order valence-corrected chi connectivity index (χ4v) is 2.45. The minimum atomic E-state index is -0.0443. The maximum atomic E-state index is 9.23. The SMILES string of the molecule is OCc1nnc2n1CCN(Cc1ccncc1)CC2. The van der Waals surface area contributed by atoms with Crippen LogP contribution in [0.2, 0.25) is 0 Å². The smallest absolute Gasteiger partial charge is 0.158 e. The second kappa shape index (κ2) is 5.46. The van der Waals surface area contributed by atoms with Crippen molar-refractivity contribution >= 4 is 0 Å². The van der Waals surface area contributed by atoms with E-state index >= 15 is 0 Å². The fraction of sp³-hybridized carbons (Fsp3) is 0.462. The maximum Gasteiger partial charge on any atom is 0.158 e. The Kier molecular flexibility index (Phi) is 3.52. The van der Waals surface area contributed by atoms with E-state index in [1.165, 1.54) is 5.56 Å². The molecule has 0 fully saturated rings. The van der Waals surface area contributed by atoms with E-state index in [4.69, 9.17) is 0 Å². The number of hydrogen-bond donors (Lipinski definition) is 1. The zero-order chi connectivity index (χ0) is 13.1. The van der Waals surface area contributed by atoms with Crippen LogP contribution in [-0.4, -0.2) is 42.8 Å². The van der Waals surface area contributed by atoms with Gasteiger partial charge >= 0.3 is 0 Å². The molecule has 2 aromatic heterocycles. The summed E-state index contributed by atoms with van der Waals surface area (Å²) in [5, 5.41) is 17.4. The van der Waals surface area contributed by atoms with Crippen molar-refractivity contribution in [1.29, 1.82) is 0 Å². The third-order valence-electron chi connectivity index (χ3n) is 3.49. The Morgan fingerprint density at radius 1 is 1.11 bits per heavy atom. The highest BCUT2D eigenvalue weighted by Crippen LogP contribution is 2.12. The Bertz CT molecular complexity index is 539. The number of rotatable bonds is 3. The van der Waals surface area contributed by atoms with Gasteiger partial charge < -0.3 is 9.67 Å². The highest BCUT2D eigenvalue weighted by molar-refractivity contribution is 5.09. The van der Waals surface area contributed by atoms with Crippen LogP contribution >= 0.6 is 0 Å². The van der Waals surface area contributed by atoms with Crippen LogP contribution in [0.25, 0.3) is 0 Å². The first-order chi connectivity index (χ1) is 9.36. The molecular formula is C13H17N5O. The first kappa shape index (κ1) is 12.3. The summed E-state index contributed by atoms with van der Waals surface area (Å²) < 4.78 is 2.03. The zero-order valence-corrected chi connectivity index (χ0v) is 10.7. The number of aromatic nitrogens is 4. The van der Waals surface area contributed by atoms with E-state index in [1.54, 1.807) is 0 Å². The van der Waals surface area contributed by atoms with Crippen LogP contribution in [0, 0.1) is 0 Å². The molecule has 0 bridgehead atoms. The second-order valence-corrected chi connectivity index (χ2v) is 4.72. The van der Waals surface area contributed by atoms with E-state index in [0.717, 1.165) is 38.4 Å². The van der Waals surface area contributed by atoms with Crippen LogP contribution in [0.5, 0.6) is 0 Å². The quantitative estimate of drug-likeness (QED) is 0.854. The van der Waals surface area contributed by atoms with E-state index in [9.17, 15) is 5.11 Å². The van der Waals surface area contributed by atoms with E-state index in [0.29, 0.717) is 5.82 Å². The molecule has 0 aliphatic carbocycles. The molecule has 0 spiro atoms. The van der Waals surface area contributed by atoms with Crippen molar-refractivity contribution in [2.75, 3.05) is 13.1 Å². The molecule has 6 heteroatoms. The van der Waals surface area contributed by atoms with Gasteiger partial charge in [0.1, 0.15) is 12.4 Å². The maximum absolute atomic E-state index is 9.23. The molecule has 2 aromatic rings. The molecule has 0 unspecified atom stereocenters. The molecule has 1 aliphatic heterocycles. The fourth-order valence-electron chi connectivity index (χ4n) is 2.45. The minimum Gasteiger partial charge on any atom is -0.388 e. The summed E-state index contributed by atoms with van der Waals surface area (Å²) >= 11 is 0. The summed E-state index contributed by atoms with van der Waals surface area (Å²) in [6.45, 7) is 3.63. The largest absolute Gasteiger partial charge is 0.388 e. The van der Waals surface area contributed by atoms with Crippen LogP contribution in [0.3, 0.4) is 0 Å². The van der Waals surface area contributed by atoms with Gasteiger partial charge in [-0.3, -0.25) is 9.88 Å². The number of fused-ring (bicyclic) bond motifs is 1. The van der Waals surface area contributed by atoms with Gasteiger partial charge in [-0.2, -0.15) is 0 Å². The molecule has 6 nitrogen and oxygen atoms in total. The minimum absolute atomic E-state index is 0.0443. The summed E-state index contributed by atoms with van der Waals surface area (Å²) in [6, 6.07) is 4.09. The standard InChI is InChI=1S/C13H17N5O/c19-10-13-16-15-12-3-6-17(7-8-18(12)13)9-11-1-4-14-5-2-11/h1-2,4-5,19H,3,6-10H2. The van der Waals surface area contributed by atoms with Gasteiger partial charge in [0.15, 0.2) is 5.82 Å². The van der Waals surface area contributed by atoms with Crippen LogP contribution in [0.4, 0.5) is 0 Å². The zero-order valence-electron chi connectivity index (χ0n) is 10.7. The molecule has 0 aromatic carbocycles. The Balaban J connectivity index is 1.68. The van der Waals surface area contributed by atoms with Crippen LogP contribution < -0.4 is 0 Å². The number of hydrogen-bond acceptors (Lipinski definition) is 5. The molecule has 0 radical (unpaired) electrons. The topological polar surface area (TPSA) is 67.1 Å². The molecule has 19 heavy (non-hydrogen) atoms. The molecule has 1 N–H and O–H groups in total. The van der Waals surface area contributed by atoms with Crippen LogP contribution in [-0.2, 0) is 26.1 Å². The summed E-state index contributed by atoms with van der Waals surface area (Å²) in [5.74, 6) is 1.64. The molecular weight excluding hydrogens is 242 g/mol. The van der Waals surface area contributed by atoms with Crippen molar-refractivity contribution < 1.29 is 5.11 Å². The van der Waals surface area contributed by atoms with E-state index in [-0.39, 0.29) is 6.61 Å². The predicted molar refractivity (Wildman–Crippen MR) is 69.2 cm³/mol. The average Bonchev–Trinajstić information content (AvgIpc) is 2.75. The van der Waals surface area contributed by atoms with Crippen molar-refractivity contribution in [3.05, 3.63) is 41.7 Å². The van der Waals surface area contributed by atoms with Crippen molar-refractivity contribution in [2.45, 2.75) is 26.1 Å². The van der Waals surface area contributed by atoms with Crippen LogP contribution in [0.1, 0.15) is 17.2 Å². The van der Waals surface area contributed by atoms with E-state index in [2.05, 4.69) is 20.1 Å². The van der Waals surface area contributed by atoms with Gasteiger partial charge in [-0.25, -0.2) is 0 Å². The molecule has 0 saturated carbocycles. The van der Waals surface area contributed by atoms with Gasteiger partial charge in [0.25, 0.3) is 0 Å². The lowest BCUT2D eigenvalue weighted by Crippen LogP contribution is -2.26. The predicted octanol–water partition coefficient (Wildman–Crippen LogP) is 0.224. The van der Waals surface area contributed by atoms with Gasteiger partial charge in [0, 0.05) is 45.0 Å². The summed E-state index contributed by atoms with van der Waals surface area (Å²) in [5.41, 5.74) is 1.27. The van der Waals surface area contributed by atoms with E-state index < -0.39 is 0 Å². The van der Waals surface area contributed by atoms with Crippen molar-refractivity contribution in [1.82, 2.24) is 24.6 Å². The third-order valence-corrected chi connectivity index (χ3v) is 3.49. The average molecular weight is 259 g/mol. The van der Waals surface area contributed by atoms with E-state index in [1.807, 2.05) is 29.1 Å². The Morgan fingerprint density at radius 2 is 1.95 bits per heavy atom. The third kappa shape index (κ3) is 2.64. The molecule has 0 amide bonds. The van der Waals surface area contributed by atoms with Crippen LogP contribution in [0.15, 0.2) is 24.5 Å². The number of nitrogens with zero attached hydrogens (tertiary/aromatic N) is 5. The lowest BCUT2D eigenvalue weighted by atomic mass is 10.2. The Hall–Kier alpha value is -1.79. The molecule has 0 saturated heterocycles. The highest BCUT2D eigenvalue weighted by atomic mass is 16.3. The summed E-state index contributed by atoms with van der Waals surface area (Å²) in [7, 11) is 0. The second-order valence-electron chi connectivity index (χ2n) is 4.72. The Labute approximate surface area is 111 Å². The number of aliphatic hydroxyl groups is 1. The molecule has 3 heterocycles. The van der Waals surface area contributed by atoms with Gasteiger partial charge in [-0.1, -0.05) is 0 Å². The molecule has 100 valence electrons. The van der Waals surface area contributed by atoms with Gasteiger partial charge in [-0.05, 0) is 17.7 Å². The number of aliphatic hydroxyl groups excluding tert-OH is 1. The first-order valence-corrected chi connectivity index (χ1v) is 6.50.